The molecule has 0 amide bonds. The van der Waals surface area contributed by atoms with Gasteiger partial charge in [-0.2, -0.15) is 0 Å². The molecule has 1 aromatic carbocycles. The van der Waals surface area contributed by atoms with Gasteiger partial charge in [-0.05, 0) is 24.3 Å². The van der Waals surface area contributed by atoms with Gasteiger partial charge in [0.15, 0.2) is 0 Å². The van der Waals surface area contributed by atoms with Crippen LogP contribution in [0.1, 0.15) is 11.7 Å². The summed E-state index contributed by atoms with van der Waals surface area (Å²) in [7, 11) is 1.91. The number of hydrogen-bond donors (Lipinski definition) is 2. The van der Waals surface area contributed by atoms with Crippen molar-refractivity contribution in [1.29, 1.82) is 0 Å². The first kappa shape index (κ1) is 10.1. The largest absolute Gasteiger partial charge is 0.346 e. The third-order valence-electron chi connectivity index (χ3n) is 2.68. The zero-order valence-corrected chi connectivity index (χ0v) is 8.57. The highest BCUT2D eigenvalue weighted by Crippen LogP contribution is 2.22. The number of aromatic nitrogens is 1. The number of benzene rings is 1. The summed E-state index contributed by atoms with van der Waals surface area (Å²) in [6.07, 6.45) is 0. The SMILES string of the molecule is Cn1c(C(N)CN)cc2cc(F)ccc21. The van der Waals surface area contributed by atoms with Crippen LogP contribution in [0, 0.1) is 5.82 Å². The van der Waals surface area contributed by atoms with E-state index in [0.29, 0.717) is 6.54 Å². The van der Waals surface area contributed by atoms with Crippen molar-refractivity contribution in [3.63, 3.8) is 0 Å². The fourth-order valence-corrected chi connectivity index (χ4v) is 1.82. The van der Waals surface area contributed by atoms with Crippen molar-refractivity contribution in [3.8, 4) is 0 Å². The number of fused-ring (bicyclic) bond motifs is 1. The first-order valence-corrected chi connectivity index (χ1v) is 4.84. The monoisotopic (exact) mass is 207 g/mol. The van der Waals surface area contributed by atoms with Crippen molar-refractivity contribution in [2.24, 2.45) is 18.5 Å². The summed E-state index contributed by atoms with van der Waals surface area (Å²) in [4.78, 5) is 0. The van der Waals surface area contributed by atoms with E-state index in [2.05, 4.69) is 0 Å². The van der Waals surface area contributed by atoms with Gasteiger partial charge in [-0.15, -0.1) is 0 Å². The van der Waals surface area contributed by atoms with E-state index in [1.165, 1.54) is 12.1 Å². The molecule has 0 saturated heterocycles. The summed E-state index contributed by atoms with van der Waals surface area (Å²) >= 11 is 0. The Bertz CT molecular complexity index is 490. The maximum absolute atomic E-state index is 13.0. The number of hydrogen-bond acceptors (Lipinski definition) is 2. The van der Waals surface area contributed by atoms with Gasteiger partial charge in [-0.3, -0.25) is 0 Å². The van der Waals surface area contributed by atoms with Gasteiger partial charge in [-0.1, -0.05) is 0 Å². The summed E-state index contributed by atoms with van der Waals surface area (Å²) < 4.78 is 14.9. The Morgan fingerprint density at radius 1 is 1.40 bits per heavy atom. The summed E-state index contributed by atoms with van der Waals surface area (Å²) in [5.74, 6) is -0.235. The molecule has 1 aromatic heterocycles. The lowest BCUT2D eigenvalue weighted by Gasteiger charge is -2.10. The van der Waals surface area contributed by atoms with Gasteiger partial charge in [0.2, 0.25) is 0 Å². The normalized spacial score (nSPS) is 13.3. The van der Waals surface area contributed by atoms with Crippen molar-refractivity contribution in [2.75, 3.05) is 6.54 Å². The molecule has 1 unspecified atom stereocenters. The molecule has 0 radical (unpaired) electrons. The molecule has 4 N–H and O–H groups in total. The molecule has 2 rings (SSSR count). The topological polar surface area (TPSA) is 57.0 Å². The number of nitrogens with two attached hydrogens (primary N) is 2. The maximum atomic E-state index is 13.0. The Labute approximate surface area is 87.5 Å². The molecular formula is C11H14FN3. The minimum Gasteiger partial charge on any atom is -0.346 e. The van der Waals surface area contributed by atoms with Gasteiger partial charge in [0, 0.05) is 30.2 Å². The predicted octanol–water partition coefficient (Wildman–Crippen LogP) is 1.28. The van der Waals surface area contributed by atoms with Crippen LogP contribution in [0.25, 0.3) is 10.9 Å². The summed E-state index contributed by atoms with van der Waals surface area (Å²) in [5.41, 5.74) is 13.3. The first-order valence-electron chi connectivity index (χ1n) is 4.84. The maximum Gasteiger partial charge on any atom is 0.123 e. The molecule has 0 bridgehead atoms. The van der Waals surface area contributed by atoms with Crippen LogP contribution in [0.2, 0.25) is 0 Å². The Balaban J connectivity index is 2.63. The molecule has 15 heavy (non-hydrogen) atoms. The molecule has 0 saturated carbocycles. The smallest absolute Gasteiger partial charge is 0.123 e. The lowest BCUT2D eigenvalue weighted by molar-refractivity contribution is 0.629. The van der Waals surface area contributed by atoms with Crippen LogP contribution >= 0.6 is 0 Å². The second kappa shape index (κ2) is 3.64. The Morgan fingerprint density at radius 3 is 2.80 bits per heavy atom. The summed E-state index contributed by atoms with van der Waals surface area (Å²) in [5, 5.41) is 0.858. The predicted molar refractivity (Wildman–Crippen MR) is 58.9 cm³/mol. The third kappa shape index (κ3) is 1.62. The highest BCUT2D eigenvalue weighted by molar-refractivity contribution is 5.81. The van der Waals surface area contributed by atoms with E-state index in [1.807, 2.05) is 17.7 Å². The van der Waals surface area contributed by atoms with Crippen LogP contribution < -0.4 is 11.5 Å². The quantitative estimate of drug-likeness (QED) is 0.779. The standard InChI is InChI=1S/C11H14FN3/c1-15-10-3-2-8(12)4-7(10)5-11(15)9(14)6-13/h2-5,9H,6,13-14H2,1H3. The molecular weight excluding hydrogens is 193 g/mol. The van der Waals surface area contributed by atoms with Gasteiger partial charge >= 0.3 is 0 Å². The van der Waals surface area contributed by atoms with E-state index in [1.54, 1.807) is 6.07 Å². The molecule has 3 nitrogen and oxygen atoms in total. The van der Waals surface area contributed by atoms with E-state index in [-0.39, 0.29) is 11.9 Å². The molecule has 4 heteroatoms. The van der Waals surface area contributed by atoms with Crippen molar-refractivity contribution in [1.82, 2.24) is 4.57 Å². The number of aryl methyl sites for hydroxylation is 1. The van der Waals surface area contributed by atoms with Crippen molar-refractivity contribution in [2.45, 2.75) is 6.04 Å². The van der Waals surface area contributed by atoms with Crippen LogP contribution in [0.5, 0.6) is 0 Å². The lowest BCUT2D eigenvalue weighted by atomic mass is 10.2. The minimum absolute atomic E-state index is 0.203. The van der Waals surface area contributed by atoms with Gasteiger partial charge in [-0.25, -0.2) is 4.39 Å². The molecule has 0 aliphatic carbocycles. The Hall–Kier alpha value is -1.39. The molecule has 80 valence electrons. The van der Waals surface area contributed by atoms with E-state index in [9.17, 15) is 4.39 Å². The fourth-order valence-electron chi connectivity index (χ4n) is 1.82. The molecule has 0 aliphatic heterocycles. The van der Waals surface area contributed by atoms with Gasteiger partial charge < -0.3 is 16.0 Å². The summed E-state index contributed by atoms with van der Waals surface area (Å²) in [6, 6.07) is 6.38. The molecule has 1 atom stereocenters. The average Bonchev–Trinajstić information content (AvgIpc) is 2.54. The van der Waals surface area contributed by atoms with Crippen LogP contribution in [0.15, 0.2) is 24.3 Å². The van der Waals surface area contributed by atoms with Crippen LogP contribution in [0.4, 0.5) is 4.39 Å². The Morgan fingerprint density at radius 2 is 2.13 bits per heavy atom. The molecule has 0 aliphatic rings. The van der Waals surface area contributed by atoms with E-state index in [0.717, 1.165) is 16.6 Å². The molecule has 2 aromatic rings. The molecule has 0 fully saturated rings. The van der Waals surface area contributed by atoms with Crippen LogP contribution in [-0.4, -0.2) is 11.1 Å². The highest BCUT2D eigenvalue weighted by atomic mass is 19.1. The lowest BCUT2D eigenvalue weighted by Crippen LogP contribution is -2.22. The van der Waals surface area contributed by atoms with Crippen LogP contribution in [0.3, 0.4) is 0 Å². The third-order valence-corrected chi connectivity index (χ3v) is 2.68. The number of halogens is 1. The molecule has 1 heterocycles. The number of rotatable bonds is 2. The molecule has 0 spiro atoms. The zero-order chi connectivity index (χ0) is 11.0. The zero-order valence-electron chi connectivity index (χ0n) is 8.57. The second-order valence-corrected chi connectivity index (χ2v) is 3.67. The van der Waals surface area contributed by atoms with Crippen molar-refractivity contribution in [3.05, 3.63) is 35.8 Å². The minimum atomic E-state index is -0.235. The highest BCUT2D eigenvalue weighted by Gasteiger charge is 2.11. The van der Waals surface area contributed by atoms with Crippen molar-refractivity contribution >= 4 is 10.9 Å². The fraction of sp³-hybridized carbons (Fsp3) is 0.273. The Kier molecular flexibility index (Phi) is 2.46. The van der Waals surface area contributed by atoms with E-state index in [4.69, 9.17) is 11.5 Å². The van der Waals surface area contributed by atoms with Crippen molar-refractivity contribution < 1.29 is 4.39 Å². The average molecular weight is 207 g/mol. The number of nitrogens with zero attached hydrogens (tertiary/aromatic N) is 1. The van der Waals surface area contributed by atoms with Gasteiger partial charge in [0.1, 0.15) is 5.82 Å². The van der Waals surface area contributed by atoms with Crippen LogP contribution in [-0.2, 0) is 7.05 Å². The summed E-state index contributed by atoms with van der Waals surface area (Å²) in [6.45, 7) is 0.382. The second-order valence-electron chi connectivity index (χ2n) is 3.67. The van der Waals surface area contributed by atoms with E-state index >= 15 is 0 Å². The van der Waals surface area contributed by atoms with Gasteiger partial charge in [0.05, 0.1) is 6.04 Å². The van der Waals surface area contributed by atoms with E-state index < -0.39 is 0 Å². The first-order chi connectivity index (χ1) is 7.13. The van der Waals surface area contributed by atoms with Gasteiger partial charge in [0.25, 0.3) is 0 Å².